The number of furan rings is 1. The van der Waals surface area contributed by atoms with Crippen molar-refractivity contribution in [3.05, 3.63) is 181 Å². The second kappa shape index (κ2) is 11.3. The third-order valence-electron chi connectivity index (χ3n) is 7.50. The van der Waals surface area contributed by atoms with Crippen LogP contribution >= 0.6 is 0 Å². The summed E-state index contributed by atoms with van der Waals surface area (Å²) < 4.78 is 232. The van der Waals surface area contributed by atoms with Gasteiger partial charge >= 0.3 is 0 Å². The predicted octanol–water partition coefficient (Wildman–Crippen LogP) is 13.1. The van der Waals surface area contributed by atoms with Gasteiger partial charge in [0.25, 0.3) is 0 Å². The zero-order valence-corrected chi connectivity index (χ0v) is 23.8. The van der Waals surface area contributed by atoms with E-state index in [-0.39, 0.29) is 11.1 Å². The first-order valence-corrected chi connectivity index (χ1v) is 14.1. The topological polar surface area (TPSA) is 13.1 Å². The highest BCUT2D eigenvalue weighted by molar-refractivity contribution is 6.25. The highest BCUT2D eigenvalue weighted by atomic mass is 16.3. The summed E-state index contributed by atoms with van der Waals surface area (Å²) in [6.45, 7) is 0. The average molecular weight is 624 g/mol. The van der Waals surface area contributed by atoms with E-state index in [1.165, 1.54) is 12.1 Å². The molecule has 1 nitrogen and oxygen atoms in total. The fourth-order valence-electron chi connectivity index (χ4n) is 5.53. The third-order valence-corrected chi connectivity index (χ3v) is 7.50. The highest BCUT2D eigenvalue weighted by Crippen LogP contribution is 2.50. The van der Waals surface area contributed by atoms with Crippen LogP contribution in [0.15, 0.2) is 186 Å². The van der Waals surface area contributed by atoms with Gasteiger partial charge in [0.05, 0.1) is 34.3 Å². The summed E-state index contributed by atoms with van der Waals surface area (Å²) in [6.07, 6.45) is 0. The zero-order valence-electron chi connectivity index (χ0n) is 48.8. The van der Waals surface area contributed by atoms with Gasteiger partial charge in [-0.25, -0.2) is 0 Å². The van der Waals surface area contributed by atoms with E-state index in [9.17, 15) is 12.3 Å². The van der Waals surface area contributed by atoms with E-state index in [2.05, 4.69) is 0 Å². The molecule has 1 heteroatoms. The third kappa shape index (κ3) is 4.64. The molecule has 0 saturated carbocycles. The Labute approximate surface area is 309 Å². The number of hydrogen-bond donors (Lipinski definition) is 0. The summed E-state index contributed by atoms with van der Waals surface area (Å²) in [6, 6.07) is -14.9. The lowest BCUT2D eigenvalue weighted by Gasteiger charge is -2.18. The maximum atomic E-state index is 9.70. The molecule has 47 heavy (non-hydrogen) atoms. The van der Waals surface area contributed by atoms with Crippen molar-refractivity contribution in [2.45, 2.75) is 0 Å². The van der Waals surface area contributed by atoms with E-state index in [0.717, 1.165) is 0 Å². The summed E-state index contributed by atoms with van der Waals surface area (Å²) in [7, 11) is 0. The van der Waals surface area contributed by atoms with Crippen molar-refractivity contribution < 1.29 is 38.7 Å². The molecule has 0 aliphatic heterocycles. The molecule has 0 N–H and O–H groups in total. The Balaban J connectivity index is 1.67. The molecule has 0 fully saturated rings. The fraction of sp³-hybridized carbons (Fsp3) is 0. The highest BCUT2D eigenvalue weighted by Gasteiger charge is 2.24. The molecule has 0 radical (unpaired) electrons. The van der Waals surface area contributed by atoms with Gasteiger partial charge in [-0.1, -0.05) is 163 Å². The van der Waals surface area contributed by atoms with Crippen LogP contribution in [-0.4, -0.2) is 0 Å². The van der Waals surface area contributed by atoms with Crippen LogP contribution in [0, 0.1) is 0 Å². The summed E-state index contributed by atoms with van der Waals surface area (Å²) in [5.41, 5.74) is -5.77. The molecule has 9 aromatic rings. The minimum Gasteiger partial charge on any atom is -0.455 e. The molecular formula is C46H30O. The first kappa shape index (κ1) is 11.9. The summed E-state index contributed by atoms with van der Waals surface area (Å²) in [5, 5.41) is -3.48. The van der Waals surface area contributed by atoms with Crippen LogP contribution in [0.1, 0.15) is 34.3 Å². The first-order valence-electron chi connectivity index (χ1n) is 26.6. The normalized spacial score (nSPS) is 18.9. The second-order valence-corrected chi connectivity index (χ2v) is 10.1. The molecule has 8 aromatic carbocycles. The Morgan fingerprint density at radius 3 is 1.53 bits per heavy atom. The molecule has 0 unspecified atom stereocenters. The fourth-order valence-corrected chi connectivity index (χ4v) is 5.53. The van der Waals surface area contributed by atoms with Crippen molar-refractivity contribution in [3.8, 4) is 55.8 Å². The van der Waals surface area contributed by atoms with Gasteiger partial charge < -0.3 is 4.42 Å². The summed E-state index contributed by atoms with van der Waals surface area (Å²) >= 11 is 0. The molecule has 0 aliphatic rings. The van der Waals surface area contributed by atoms with Crippen LogP contribution in [0.25, 0.3) is 88.3 Å². The summed E-state index contributed by atoms with van der Waals surface area (Å²) in [5.74, 6) is -0.789. The minimum absolute atomic E-state index is 0.182. The van der Waals surface area contributed by atoms with Gasteiger partial charge in [0, 0.05) is 22.1 Å². The van der Waals surface area contributed by atoms with Crippen LogP contribution in [0.3, 0.4) is 0 Å². The van der Waals surface area contributed by atoms with E-state index in [4.69, 9.17) is 26.3 Å². The maximum absolute atomic E-state index is 9.70. The number of rotatable bonds is 5. The van der Waals surface area contributed by atoms with Gasteiger partial charge in [0.1, 0.15) is 11.3 Å². The molecule has 1 aromatic heterocycles. The second-order valence-electron chi connectivity index (χ2n) is 10.1. The number of benzene rings is 8. The Morgan fingerprint density at radius 2 is 0.872 bits per heavy atom. The van der Waals surface area contributed by atoms with Crippen molar-refractivity contribution in [1.82, 2.24) is 0 Å². The van der Waals surface area contributed by atoms with Crippen LogP contribution < -0.4 is 0 Å². The van der Waals surface area contributed by atoms with Crippen LogP contribution in [0.4, 0.5) is 0 Å². The molecule has 0 amide bonds. The van der Waals surface area contributed by atoms with E-state index in [1.807, 2.05) is 0 Å². The largest absolute Gasteiger partial charge is 0.455 e. The molecule has 0 spiro atoms. The van der Waals surface area contributed by atoms with Gasteiger partial charge in [-0.15, -0.1) is 0 Å². The lowest BCUT2D eigenvalue weighted by atomic mass is 9.84. The minimum atomic E-state index is -0.988. The number of fused-ring (bicyclic) bond motifs is 3. The van der Waals surface area contributed by atoms with Crippen molar-refractivity contribution >= 4 is 32.5 Å². The van der Waals surface area contributed by atoms with Crippen molar-refractivity contribution in [3.63, 3.8) is 0 Å². The molecule has 9 rings (SSSR count). The van der Waals surface area contributed by atoms with Gasteiger partial charge in [-0.3, -0.25) is 0 Å². The molecule has 220 valence electrons. The van der Waals surface area contributed by atoms with Gasteiger partial charge in [-0.05, 0) is 73.1 Å². The molecule has 0 atom stereocenters. The van der Waals surface area contributed by atoms with Crippen molar-refractivity contribution in [2.24, 2.45) is 0 Å². The van der Waals surface area contributed by atoms with E-state index < -0.39 is 228 Å². The Bertz CT molecular complexity index is 3840. The standard InChI is InChI=1S/C46H30O/c1-4-15-31(16-5-1)34-21-14-22-36(29-34)46-45(41-28-27-35(30-42(41)47-46)32-17-6-2-7-18-32)44-39-25-12-10-23-37(39)43(33-19-8-3-9-20-33)38-24-11-13-26-40(38)44/h1-30H/i2D,3D,6D,7D,8D,9D,10D,11D,12D,13D,14D,17D,18D,19D,20D,21D,22D,23D,24D,25D,26D,27D,28D,29D,30D. The molecule has 0 saturated heterocycles. The molecular weight excluding hydrogens is 569 g/mol. The average Bonchev–Trinajstić information content (AvgIpc) is 3.75. The van der Waals surface area contributed by atoms with Crippen LogP contribution in [0.5, 0.6) is 0 Å². The Kier molecular flexibility index (Phi) is 2.86. The van der Waals surface area contributed by atoms with Crippen molar-refractivity contribution in [2.75, 3.05) is 0 Å². The van der Waals surface area contributed by atoms with E-state index in [1.54, 1.807) is 18.2 Å². The monoisotopic (exact) mass is 623 g/mol. The SMILES string of the molecule is [2H]c1c([2H])c([2H])c(-c2c([2H])c([2H])c3c(-c4c5c([2H])c([2H])c([2H])c([2H])c5c(-c5c([2H])c([2H])c([2H])c([2H])c5[2H])c5c([2H])c([2H])c([2H])c([2H])c45)c(-c4c([2H])c([2H])c([2H])c(-c5ccccc5)c4[2H])oc3c2[2H])c([2H])c1[2H]. The first-order chi connectivity index (χ1) is 33.7. The summed E-state index contributed by atoms with van der Waals surface area (Å²) in [4.78, 5) is 0. The van der Waals surface area contributed by atoms with Gasteiger partial charge in [0.2, 0.25) is 0 Å². The number of hydrogen-bond acceptors (Lipinski definition) is 1. The molecule has 0 aliphatic carbocycles. The lowest BCUT2D eigenvalue weighted by molar-refractivity contribution is 0.632. The molecule has 0 bridgehead atoms. The molecule has 1 heterocycles. The van der Waals surface area contributed by atoms with Gasteiger partial charge in [-0.2, -0.15) is 0 Å². The van der Waals surface area contributed by atoms with Crippen LogP contribution in [0.2, 0.25) is 0 Å². The Hall–Kier alpha value is -6.18. The predicted molar refractivity (Wildman–Crippen MR) is 198 cm³/mol. The van der Waals surface area contributed by atoms with Crippen molar-refractivity contribution in [1.29, 1.82) is 0 Å². The smallest absolute Gasteiger partial charge is 0.143 e. The maximum Gasteiger partial charge on any atom is 0.143 e. The van der Waals surface area contributed by atoms with Crippen LogP contribution in [-0.2, 0) is 0 Å². The Morgan fingerprint density at radius 1 is 0.340 bits per heavy atom. The van der Waals surface area contributed by atoms with Gasteiger partial charge in [0.15, 0.2) is 0 Å². The van der Waals surface area contributed by atoms with E-state index >= 15 is 0 Å². The quantitative estimate of drug-likeness (QED) is 0.174. The van der Waals surface area contributed by atoms with E-state index in [0.29, 0.717) is 0 Å². The lowest BCUT2D eigenvalue weighted by Crippen LogP contribution is -1.91. The zero-order chi connectivity index (χ0) is 52.9.